The van der Waals surface area contributed by atoms with Crippen molar-refractivity contribution in [3.63, 3.8) is 0 Å². The number of β-lactam (4-membered cyclic amide) rings is 1. The molecule has 1 saturated carbocycles. The number of rotatable bonds is 14. The molecule has 42 heavy (non-hydrogen) atoms. The van der Waals surface area contributed by atoms with Gasteiger partial charge in [-0.15, -0.1) is 11.3 Å². The van der Waals surface area contributed by atoms with E-state index in [4.69, 9.17) is 22.0 Å². The summed E-state index contributed by atoms with van der Waals surface area (Å²) in [5, 5.41) is 27.9. The summed E-state index contributed by atoms with van der Waals surface area (Å²) in [7, 11) is -5.02. The molecule has 2 unspecified atom stereocenters. The Hall–Kier alpha value is -4.41. The van der Waals surface area contributed by atoms with E-state index in [1.54, 1.807) is 0 Å². The molecule has 0 spiro atoms. The maximum Gasteiger partial charge on any atom is 0.362 e. The van der Waals surface area contributed by atoms with Gasteiger partial charge in [0.05, 0.1) is 19.3 Å². The van der Waals surface area contributed by atoms with Crippen molar-refractivity contribution in [2.24, 2.45) is 21.6 Å². The third kappa shape index (κ3) is 6.89. The summed E-state index contributed by atoms with van der Waals surface area (Å²) in [6, 6.07) is -2.83. The minimum absolute atomic E-state index is 0.0294. The number of guanidine groups is 1. The highest BCUT2D eigenvalue weighted by Gasteiger charge is 2.56. The first-order valence-corrected chi connectivity index (χ1v) is 14.6. The van der Waals surface area contributed by atoms with Gasteiger partial charge in [-0.1, -0.05) is 5.16 Å². The van der Waals surface area contributed by atoms with Crippen molar-refractivity contribution in [1.82, 2.24) is 34.9 Å². The highest BCUT2D eigenvalue weighted by atomic mass is 32.2. The van der Waals surface area contributed by atoms with Crippen LogP contribution in [0.5, 0.6) is 0 Å². The monoisotopic (exact) mass is 628 g/mol. The number of carbonyl (C=O) groups is 3. The van der Waals surface area contributed by atoms with Crippen LogP contribution in [-0.2, 0) is 42.6 Å². The lowest BCUT2D eigenvalue weighted by atomic mass is 9.98. The maximum absolute atomic E-state index is 13.2. The Bertz CT molecular complexity index is 1520. The number of anilines is 1. The van der Waals surface area contributed by atoms with Gasteiger partial charge in [-0.25, -0.2) is 19.1 Å². The molecule has 1 saturated heterocycles. The van der Waals surface area contributed by atoms with Gasteiger partial charge in [0.2, 0.25) is 5.60 Å². The van der Waals surface area contributed by atoms with Crippen molar-refractivity contribution >= 4 is 56.2 Å². The predicted octanol–water partition coefficient (Wildman–Crippen LogP) is -3.39. The van der Waals surface area contributed by atoms with Crippen molar-refractivity contribution in [2.75, 3.05) is 18.8 Å². The smallest absolute Gasteiger partial charge is 0.362 e. The van der Waals surface area contributed by atoms with Gasteiger partial charge < -0.3 is 37.8 Å². The molecule has 2 fully saturated rings. The van der Waals surface area contributed by atoms with E-state index in [1.807, 2.05) is 0 Å². The summed E-state index contributed by atoms with van der Waals surface area (Å²) < 4.78 is 33.6. The fraction of sp³-hybridized carbons (Fsp3) is 0.500. The molecule has 1 aliphatic carbocycles. The first-order chi connectivity index (χ1) is 19.8. The third-order valence-electron chi connectivity index (χ3n) is 6.12. The number of carboxylic acids is 1. The minimum atomic E-state index is -5.02. The summed E-state index contributed by atoms with van der Waals surface area (Å²) in [4.78, 5) is 51.6. The molecule has 22 heteroatoms. The summed E-state index contributed by atoms with van der Waals surface area (Å²) in [6.45, 7) is 0.676. The van der Waals surface area contributed by atoms with Crippen LogP contribution < -0.4 is 27.8 Å². The third-order valence-corrected chi connectivity index (χ3v) is 7.74. The molecule has 228 valence electrons. The van der Waals surface area contributed by atoms with E-state index in [2.05, 4.69) is 36.0 Å². The average molecular weight is 629 g/mol. The van der Waals surface area contributed by atoms with Gasteiger partial charge in [0.25, 0.3) is 11.8 Å². The van der Waals surface area contributed by atoms with E-state index in [0.29, 0.717) is 25.2 Å². The van der Waals surface area contributed by atoms with E-state index in [0.717, 1.165) is 16.1 Å². The summed E-state index contributed by atoms with van der Waals surface area (Å²) in [5.41, 5.74) is 15.0. The number of carboxylic acid groups (broad SMARTS) is 1. The van der Waals surface area contributed by atoms with Crippen LogP contribution in [0, 0.1) is 0 Å². The normalized spacial score (nSPS) is 20.1. The highest BCUT2D eigenvalue weighted by Crippen LogP contribution is 2.40. The van der Waals surface area contributed by atoms with Gasteiger partial charge in [-0.05, 0) is 13.0 Å². The fourth-order valence-corrected chi connectivity index (χ4v) is 5.16. The largest absolute Gasteiger partial charge is 0.478 e. The van der Waals surface area contributed by atoms with Gasteiger partial charge in [-0.2, -0.15) is 23.4 Å². The van der Waals surface area contributed by atoms with Crippen LogP contribution in [-0.4, -0.2) is 103 Å². The number of aromatic nitrogens is 4. The molecule has 2 aliphatic rings. The summed E-state index contributed by atoms with van der Waals surface area (Å²) in [5.74, 6) is -3.31. The molecule has 2 aromatic heterocycles. The van der Waals surface area contributed by atoms with Crippen molar-refractivity contribution in [3.8, 4) is 0 Å². The number of hydrogen-bond donors (Lipinski definition) is 7. The van der Waals surface area contributed by atoms with Crippen LogP contribution in [0.15, 0.2) is 21.7 Å². The first kappa shape index (κ1) is 30.5. The summed E-state index contributed by atoms with van der Waals surface area (Å²) >= 11 is 0.964. The van der Waals surface area contributed by atoms with Gasteiger partial charge in [0.15, 0.2) is 16.8 Å². The fourth-order valence-electron chi connectivity index (χ4n) is 3.74. The zero-order valence-electron chi connectivity index (χ0n) is 21.8. The van der Waals surface area contributed by atoms with Crippen molar-refractivity contribution in [1.29, 1.82) is 0 Å². The molecule has 4 rings (SSSR count). The molecular formula is C20H28N12O8S2. The van der Waals surface area contributed by atoms with Crippen LogP contribution in [0.1, 0.15) is 30.7 Å². The molecule has 1 aliphatic heterocycles. The zero-order valence-corrected chi connectivity index (χ0v) is 23.4. The van der Waals surface area contributed by atoms with Crippen LogP contribution in [0.4, 0.5) is 5.13 Å². The molecule has 2 atom stereocenters. The molecule has 2 aromatic rings. The number of aliphatic carboxylic acids is 1. The molecule has 0 aromatic carbocycles. The first-order valence-electron chi connectivity index (χ1n) is 12.3. The lowest BCUT2D eigenvalue weighted by Crippen LogP contribution is -2.73. The Morgan fingerprint density at radius 2 is 2.07 bits per heavy atom. The Morgan fingerprint density at radius 1 is 1.33 bits per heavy atom. The predicted molar refractivity (Wildman–Crippen MR) is 145 cm³/mol. The topological polar surface area (TPSA) is 309 Å². The molecule has 0 bridgehead atoms. The Labute approximate surface area is 241 Å². The second-order valence-corrected chi connectivity index (χ2v) is 11.4. The summed E-state index contributed by atoms with van der Waals surface area (Å²) in [6.07, 6.45) is 2.35. The van der Waals surface area contributed by atoms with Crippen LogP contribution in [0.25, 0.3) is 0 Å². The van der Waals surface area contributed by atoms with Crippen molar-refractivity contribution in [2.45, 2.75) is 50.0 Å². The quantitative estimate of drug-likeness (QED) is 0.0268. The number of aliphatic imine (C=N–C) groups is 1. The van der Waals surface area contributed by atoms with Crippen molar-refractivity contribution < 1.29 is 37.3 Å². The number of thiazole rings is 1. The number of nitrogen functional groups attached to an aromatic ring is 1. The Balaban J connectivity index is 1.50. The Morgan fingerprint density at radius 3 is 2.67 bits per heavy atom. The van der Waals surface area contributed by atoms with E-state index in [-0.39, 0.29) is 47.0 Å². The van der Waals surface area contributed by atoms with E-state index >= 15 is 0 Å². The lowest BCUT2D eigenvalue weighted by Gasteiger charge is -2.43. The van der Waals surface area contributed by atoms with Crippen molar-refractivity contribution in [3.05, 3.63) is 23.0 Å². The van der Waals surface area contributed by atoms with Crippen LogP contribution in [0.2, 0.25) is 0 Å². The van der Waals surface area contributed by atoms with E-state index in [1.165, 1.54) is 11.6 Å². The van der Waals surface area contributed by atoms with Gasteiger partial charge >= 0.3 is 16.3 Å². The second kappa shape index (κ2) is 12.2. The maximum atomic E-state index is 13.2. The van der Waals surface area contributed by atoms with Gasteiger partial charge in [-0.3, -0.25) is 14.1 Å². The second-order valence-electron chi connectivity index (χ2n) is 9.19. The number of nitrogens with zero attached hydrogens (tertiary/aromatic N) is 7. The number of oxime groups is 1. The number of amides is 2. The van der Waals surface area contributed by atoms with E-state index < -0.39 is 51.5 Å². The highest BCUT2D eigenvalue weighted by molar-refractivity contribution is 7.84. The minimum Gasteiger partial charge on any atom is -0.478 e. The average Bonchev–Trinajstić information content (AvgIpc) is 3.38. The van der Waals surface area contributed by atoms with Crippen LogP contribution >= 0.6 is 11.3 Å². The molecule has 10 N–H and O–H groups in total. The lowest BCUT2D eigenvalue weighted by molar-refractivity contribution is -0.153. The molecule has 2 amide bonds. The standard InChI is InChI=1S/C20H28N12O8S2/c21-4-1-5-24-18(22)25-6-10-7-26-31(29-10)8-12-14(16(34)32(12)42(37,38)39)28-15(33)13(11-9-41-19(23)27-11)30-40-20(2-3-20)17(35)36/h7,9,12,14H,1-6,8,21H2,(H2,23,27)(H,28,33)(H,35,36)(H3,22,24,25)(H,37,38,39). The number of nitrogens with two attached hydrogens (primary N) is 3. The number of carbonyl (C=O) groups excluding carboxylic acids is 2. The zero-order chi connectivity index (χ0) is 30.7. The number of hydrogen-bond acceptors (Lipinski definition) is 14. The van der Waals surface area contributed by atoms with Gasteiger partial charge in [0.1, 0.15) is 23.5 Å². The molecular weight excluding hydrogens is 600 g/mol. The van der Waals surface area contributed by atoms with Gasteiger partial charge in [0, 0.05) is 24.8 Å². The van der Waals surface area contributed by atoms with E-state index in [9.17, 15) is 32.5 Å². The molecule has 0 radical (unpaired) electrons. The van der Waals surface area contributed by atoms with Crippen LogP contribution in [0.3, 0.4) is 0 Å². The Kier molecular flexibility index (Phi) is 8.89. The molecule has 3 heterocycles. The SMILES string of the molecule is NCCCNC(N)=NCc1cnn(CC2C(NC(=O)C(=NOC3(C(=O)O)CC3)c3csc(N)n3)C(=O)N2S(=O)(=O)O)n1. The number of nitrogens with one attached hydrogen (secondary N) is 2. The molecule has 20 nitrogen and oxygen atoms in total.